The van der Waals surface area contributed by atoms with E-state index < -0.39 is 17.2 Å². The summed E-state index contributed by atoms with van der Waals surface area (Å²) >= 11 is 0. The molecule has 0 radical (unpaired) electrons. The van der Waals surface area contributed by atoms with Crippen molar-refractivity contribution in [2.24, 2.45) is 17.0 Å². The number of rotatable bonds is 5. The first-order valence-corrected chi connectivity index (χ1v) is 13.7. The molecular weight excluding hydrogens is 472 g/mol. The smallest absolute Gasteiger partial charge is 0.360 e. The number of morpholine rings is 1. The Bertz CT molecular complexity index is 1230. The second-order valence-corrected chi connectivity index (χ2v) is 11.3. The van der Waals surface area contributed by atoms with E-state index in [1.165, 1.54) is 52.1 Å². The van der Waals surface area contributed by atoms with E-state index in [2.05, 4.69) is 15.0 Å². The maximum atomic E-state index is 13.8. The van der Waals surface area contributed by atoms with Gasteiger partial charge in [0.05, 0.1) is 24.2 Å². The number of fused-ring (bicyclic) bond motifs is 5. The Morgan fingerprint density at radius 3 is 2.32 bits per heavy atom. The second kappa shape index (κ2) is 10.2. The number of piperidine rings is 1. The number of aliphatic carboxylic acids is 1. The molecule has 6 rings (SSSR count). The Morgan fingerprint density at radius 1 is 1.00 bits per heavy atom. The minimum absolute atomic E-state index is 0.0715. The van der Waals surface area contributed by atoms with Crippen molar-refractivity contribution in [2.45, 2.75) is 82.0 Å². The van der Waals surface area contributed by atoms with Crippen molar-refractivity contribution in [3.8, 4) is 0 Å². The van der Waals surface area contributed by atoms with Crippen LogP contribution in [0.3, 0.4) is 0 Å². The van der Waals surface area contributed by atoms with Crippen LogP contribution in [-0.4, -0.2) is 69.7 Å². The van der Waals surface area contributed by atoms with Gasteiger partial charge < -0.3 is 19.2 Å². The molecule has 2 saturated heterocycles. The largest absolute Gasteiger partial charge is 0.476 e. The van der Waals surface area contributed by atoms with Gasteiger partial charge in [0.25, 0.3) is 5.56 Å². The van der Waals surface area contributed by atoms with Crippen molar-refractivity contribution in [2.75, 3.05) is 20.3 Å². The minimum Gasteiger partial charge on any atom is -0.476 e. The number of benzene rings is 1. The average Bonchev–Trinajstić information content (AvgIpc) is 3.05. The maximum Gasteiger partial charge on any atom is 0.360 e. The van der Waals surface area contributed by atoms with Crippen molar-refractivity contribution in [1.29, 1.82) is 0 Å². The van der Waals surface area contributed by atoms with Crippen LogP contribution in [0.15, 0.2) is 34.2 Å². The third-order valence-corrected chi connectivity index (χ3v) is 9.10. The van der Waals surface area contributed by atoms with E-state index in [1.807, 2.05) is 24.3 Å². The third-order valence-electron chi connectivity index (χ3n) is 9.10. The summed E-state index contributed by atoms with van der Waals surface area (Å²) in [7, 11) is 1.26. The molecule has 9 heteroatoms. The van der Waals surface area contributed by atoms with E-state index in [1.54, 1.807) is 4.57 Å². The van der Waals surface area contributed by atoms with Gasteiger partial charge in [-0.25, -0.2) is 9.78 Å². The van der Waals surface area contributed by atoms with Crippen LogP contribution in [0.2, 0.25) is 0 Å². The van der Waals surface area contributed by atoms with Crippen LogP contribution >= 0.6 is 0 Å². The monoisotopic (exact) mass is 508 g/mol. The fourth-order valence-electron chi connectivity index (χ4n) is 7.78. The Balaban J connectivity index is 1.36. The predicted octanol–water partition coefficient (Wildman–Crippen LogP) is 3.59. The molecule has 4 aliphatic rings. The summed E-state index contributed by atoms with van der Waals surface area (Å²) in [6.45, 7) is 1.35. The Morgan fingerprint density at radius 2 is 1.68 bits per heavy atom. The van der Waals surface area contributed by atoms with Crippen LogP contribution in [0.5, 0.6) is 0 Å². The Hall–Kier alpha value is -2.78. The summed E-state index contributed by atoms with van der Waals surface area (Å²) in [6, 6.07) is 8.45. The van der Waals surface area contributed by atoms with Gasteiger partial charge in [-0.15, -0.1) is 0 Å². The van der Waals surface area contributed by atoms with E-state index >= 15 is 0 Å². The Labute approximate surface area is 216 Å². The van der Waals surface area contributed by atoms with Gasteiger partial charge >= 0.3 is 5.97 Å². The lowest BCUT2D eigenvalue weighted by molar-refractivity contribution is -0.129. The molecule has 4 bridgehead atoms. The fraction of sp³-hybridized carbons (Fsp3) is 0.643. The molecule has 1 aromatic heterocycles. The summed E-state index contributed by atoms with van der Waals surface area (Å²) in [5.41, 5.74) is 0.200. The molecule has 2 aromatic rings. The fourth-order valence-corrected chi connectivity index (χ4v) is 7.78. The van der Waals surface area contributed by atoms with Crippen molar-refractivity contribution in [3.05, 3.63) is 40.3 Å². The first-order chi connectivity index (χ1) is 18.0. The summed E-state index contributed by atoms with van der Waals surface area (Å²) in [6.07, 6.45) is 11.0. The number of carboxylic acids is 1. The number of para-hydroxylation sites is 2. The van der Waals surface area contributed by atoms with Crippen LogP contribution in [0.1, 0.15) is 69.5 Å². The normalized spacial score (nSPS) is 32.6. The molecule has 198 valence electrons. The molecule has 0 spiro atoms. The summed E-state index contributed by atoms with van der Waals surface area (Å²) in [5.74, 6) is 0.344. The lowest BCUT2D eigenvalue weighted by Crippen LogP contribution is -2.62. The van der Waals surface area contributed by atoms with Crippen LogP contribution in [0.4, 0.5) is 0 Å². The number of aromatic nitrogens is 2. The first kappa shape index (κ1) is 24.6. The molecule has 3 heterocycles. The zero-order valence-corrected chi connectivity index (χ0v) is 21.4. The molecule has 1 unspecified atom stereocenters. The highest BCUT2D eigenvalue weighted by molar-refractivity contribution is 6.41. The summed E-state index contributed by atoms with van der Waals surface area (Å²) in [4.78, 5) is 37.7. The van der Waals surface area contributed by atoms with Crippen molar-refractivity contribution < 1.29 is 19.5 Å². The van der Waals surface area contributed by atoms with Crippen LogP contribution in [0, 0.1) is 11.8 Å². The number of hydrogen-bond donors (Lipinski definition) is 1. The van der Waals surface area contributed by atoms with E-state index in [0.717, 1.165) is 30.2 Å². The lowest BCUT2D eigenvalue weighted by atomic mass is 9.75. The number of carbonyl (C=O) groups is 1. The van der Waals surface area contributed by atoms with Gasteiger partial charge in [-0.1, -0.05) is 43.0 Å². The van der Waals surface area contributed by atoms with Gasteiger partial charge in [-0.2, -0.15) is 0 Å². The zero-order chi connectivity index (χ0) is 25.5. The third kappa shape index (κ3) is 4.56. The number of oxime groups is 1. The molecule has 9 nitrogen and oxygen atoms in total. The second-order valence-electron chi connectivity index (χ2n) is 11.3. The van der Waals surface area contributed by atoms with Gasteiger partial charge in [-0.3, -0.25) is 9.69 Å². The van der Waals surface area contributed by atoms with Crippen LogP contribution in [0.25, 0.3) is 11.0 Å². The van der Waals surface area contributed by atoms with Crippen molar-refractivity contribution >= 4 is 22.7 Å². The van der Waals surface area contributed by atoms with Crippen molar-refractivity contribution in [3.63, 3.8) is 0 Å². The van der Waals surface area contributed by atoms with Crippen molar-refractivity contribution in [1.82, 2.24) is 14.5 Å². The zero-order valence-electron chi connectivity index (χ0n) is 21.4. The molecule has 2 aliphatic heterocycles. The first-order valence-electron chi connectivity index (χ1n) is 13.7. The molecule has 1 aromatic carbocycles. The van der Waals surface area contributed by atoms with Gasteiger partial charge in [-0.05, 0) is 56.1 Å². The molecule has 6 atom stereocenters. The maximum absolute atomic E-state index is 13.8. The van der Waals surface area contributed by atoms with Gasteiger partial charge in [0.15, 0.2) is 5.69 Å². The van der Waals surface area contributed by atoms with Crippen LogP contribution in [-0.2, 0) is 14.4 Å². The molecule has 37 heavy (non-hydrogen) atoms. The highest BCUT2D eigenvalue weighted by atomic mass is 16.6. The molecule has 0 amide bonds. The van der Waals surface area contributed by atoms with E-state index in [-0.39, 0.29) is 23.8 Å². The number of ether oxygens (including phenoxy) is 1. The standard InChI is InChI=1S/C28H36N4O5/c1-36-30-26(28(34)35)25-27(33)32(24-9-5-4-8-23(24)29-25)20-13-21-15-37-16-22(14-20)31(21)19-11-17-6-2-3-7-18(10-17)12-19/h4-5,8-9,17-22H,2-3,6-7,10-16H2,1H3,(H,34,35)/b30-26-/t17-,18+,19?,20-,21-,22+. The minimum atomic E-state index is -1.34. The SMILES string of the molecule is CO/N=C(\C(=O)O)c1nc2ccccc2n([C@H]2C[C@H]3COC[C@@H](C2)N3C2C[C@H]3CCCC[C@@H](C2)C3)c1=O. The van der Waals surface area contributed by atoms with E-state index in [4.69, 9.17) is 9.57 Å². The molecule has 1 N–H and O–H groups in total. The average molecular weight is 509 g/mol. The molecule has 4 fully saturated rings. The summed E-state index contributed by atoms with van der Waals surface area (Å²) in [5, 5.41) is 13.4. The van der Waals surface area contributed by atoms with Gasteiger partial charge in [0, 0.05) is 24.2 Å². The predicted molar refractivity (Wildman–Crippen MR) is 139 cm³/mol. The van der Waals surface area contributed by atoms with E-state index in [0.29, 0.717) is 24.8 Å². The van der Waals surface area contributed by atoms with Gasteiger partial charge in [0.1, 0.15) is 7.11 Å². The number of hydrogen-bond acceptors (Lipinski definition) is 7. The van der Waals surface area contributed by atoms with Gasteiger partial charge in [0.2, 0.25) is 5.71 Å². The number of nitrogens with zero attached hydrogens (tertiary/aromatic N) is 4. The highest BCUT2D eigenvalue weighted by Crippen LogP contribution is 2.44. The lowest BCUT2D eigenvalue weighted by Gasteiger charge is -2.54. The highest BCUT2D eigenvalue weighted by Gasteiger charge is 2.46. The Kier molecular flexibility index (Phi) is 6.75. The molecule has 2 saturated carbocycles. The molecule has 2 aliphatic carbocycles. The van der Waals surface area contributed by atoms with E-state index in [9.17, 15) is 14.7 Å². The summed E-state index contributed by atoms with van der Waals surface area (Å²) < 4.78 is 7.82. The van der Waals surface area contributed by atoms with Crippen LogP contribution < -0.4 is 5.56 Å². The molecular formula is C28H36N4O5. The number of carboxylic acid groups (broad SMARTS) is 1. The topological polar surface area (TPSA) is 106 Å². The quantitative estimate of drug-likeness (QED) is 0.486.